The molecule has 0 radical (unpaired) electrons. The van der Waals surface area contributed by atoms with Gasteiger partial charge in [0.1, 0.15) is 5.82 Å². The lowest BCUT2D eigenvalue weighted by molar-refractivity contribution is -0.151. The minimum Gasteiger partial charge on any atom is -0.481 e. The number of benzene rings is 1. The molecule has 0 unspecified atom stereocenters. The lowest BCUT2D eigenvalue weighted by atomic mass is 9.78. The Bertz CT molecular complexity index is 672. The molecule has 0 spiro atoms. The highest BCUT2D eigenvalue weighted by molar-refractivity contribution is 5.86. The molecule has 3 aliphatic heterocycles. The molecule has 2 bridgehead atoms. The quantitative estimate of drug-likeness (QED) is 0.893. The number of ether oxygens (including phenoxy) is 1. The first-order valence-electron chi connectivity index (χ1n) is 8.72. The predicted molar refractivity (Wildman–Crippen MR) is 87.7 cm³/mol. The van der Waals surface area contributed by atoms with E-state index in [-0.39, 0.29) is 23.9 Å². The zero-order chi connectivity index (χ0) is 17.6. The lowest BCUT2D eigenvalue weighted by Crippen LogP contribution is -2.53. The average molecular weight is 348 g/mol. The minimum absolute atomic E-state index is 0.0987. The van der Waals surface area contributed by atoms with Crippen LogP contribution < -0.4 is 4.90 Å². The number of anilines is 1. The molecule has 3 heterocycles. The van der Waals surface area contributed by atoms with Crippen molar-refractivity contribution in [3.63, 3.8) is 0 Å². The van der Waals surface area contributed by atoms with Crippen LogP contribution in [0.15, 0.2) is 24.3 Å². The van der Waals surface area contributed by atoms with Gasteiger partial charge in [-0.05, 0) is 37.1 Å². The van der Waals surface area contributed by atoms with Gasteiger partial charge >= 0.3 is 5.97 Å². The number of hydrogen-bond acceptors (Lipinski definition) is 4. The van der Waals surface area contributed by atoms with E-state index in [9.17, 15) is 19.1 Å². The van der Waals surface area contributed by atoms with Crippen LogP contribution in [0.3, 0.4) is 0 Å². The Morgan fingerprint density at radius 2 is 1.60 bits per heavy atom. The number of amides is 1. The van der Waals surface area contributed by atoms with Gasteiger partial charge in [0.05, 0.1) is 24.0 Å². The molecule has 1 amide bonds. The van der Waals surface area contributed by atoms with Crippen LogP contribution in [0.5, 0.6) is 0 Å². The normalized spacial score (nSPS) is 31.4. The summed E-state index contributed by atoms with van der Waals surface area (Å²) < 4.78 is 18.7. The van der Waals surface area contributed by atoms with E-state index < -0.39 is 17.8 Å². The number of halogens is 1. The summed E-state index contributed by atoms with van der Waals surface area (Å²) >= 11 is 0. The van der Waals surface area contributed by atoms with Crippen molar-refractivity contribution in [2.75, 3.05) is 31.1 Å². The van der Waals surface area contributed by atoms with E-state index in [1.807, 2.05) is 0 Å². The van der Waals surface area contributed by atoms with Gasteiger partial charge in [0, 0.05) is 31.9 Å². The van der Waals surface area contributed by atoms with Gasteiger partial charge in [0.15, 0.2) is 0 Å². The summed E-state index contributed by atoms with van der Waals surface area (Å²) in [6.07, 6.45) is 0.912. The van der Waals surface area contributed by atoms with E-state index >= 15 is 0 Å². The first-order valence-corrected chi connectivity index (χ1v) is 8.72. The first kappa shape index (κ1) is 16.3. The van der Waals surface area contributed by atoms with E-state index in [0.29, 0.717) is 26.2 Å². The van der Waals surface area contributed by atoms with Crippen molar-refractivity contribution in [3.8, 4) is 0 Å². The number of aliphatic carboxylic acids is 1. The van der Waals surface area contributed by atoms with Crippen LogP contribution in [-0.2, 0) is 14.3 Å². The zero-order valence-corrected chi connectivity index (χ0v) is 13.8. The van der Waals surface area contributed by atoms with E-state index in [1.165, 1.54) is 12.1 Å². The van der Waals surface area contributed by atoms with Crippen LogP contribution in [-0.4, -0.2) is 60.3 Å². The Balaban J connectivity index is 1.41. The summed E-state index contributed by atoms with van der Waals surface area (Å²) in [5.41, 5.74) is 0.931. The topological polar surface area (TPSA) is 70.1 Å². The van der Waals surface area contributed by atoms with Gasteiger partial charge in [-0.2, -0.15) is 0 Å². The van der Waals surface area contributed by atoms with E-state index in [2.05, 4.69) is 4.90 Å². The molecule has 4 rings (SSSR count). The SMILES string of the molecule is O=C(O)[C@@H]1[C@H](C(=O)N2CCN(c3ccc(F)cc3)CC2)[C@H]2CC[C@H]1O2. The molecule has 3 aliphatic rings. The molecular formula is C18H21FN2O4. The van der Waals surface area contributed by atoms with Crippen molar-refractivity contribution >= 4 is 17.6 Å². The Morgan fingerprint density at radius 1 is 1.00 bits per heavy atom. The highest BCUT2D eigenvalue weighted by Crippen LogP contribution is 2.44. The third kappa shape index (κ3) is 2.86. The zero-order valence-electron chi connectivity index (χ0n) is 13.8. The number of carboxylic acid groups (broad SMARTS) is 1. The van der Waals surface area contributed by atoms with Crippen molar-refractivity contribution < 1.29 is 23.8 Å². The number of fused-ring (bicyclic) bond motifs is 2. The molecule has 1 aromatic carbocycles. The minimum atomic E-state index is -0.935. The van der Waals surface area contributed by atoms with Gasteiger partial charge in [-0.25, -0.2) is 4.39 Å². The van der Waals surface area contributed by atoms with Crippen LogP contribution in [0.25, 0.3) is 0 Å². The van der Waals surface area contributed by atoms with E-state index in [4.69, 9.17) is 4.74 Å². The molecule has 25 heavy (non-hydrogen) atoms. The predicted octanol–water partition coefficient (Wildman–Crippen LogP) is 1.35. The molecule has 3 fully saturated rings. The number of nitrogens with zero attached hydrogens (tertiary/aromatic N) is 2. The molecule has 134 valence electrons. The van der Waals surface area contributed by atoms with Gasteiger partial charge in [0.2, 0.25) is 5.91 Å². The van der Waals surface area contributed by atoms with Crippen molar-refractivity contribution in [3.05, 3.63) is 30.1 Å². The molecule has 6 nitrogen and oxygen atoms in total. The Morgan fingerprint density at radius 3 is 2.20 bits per heavy atom. The van der Waals surface area contributed by atoms with Gasteiger partial charge in [0.25, 0.3) is 0 Å². The number of rotatable bonds is 3. The van der Waals surface area contributed by atoms with Gasteiger partial charge in [-0.1, -0.05) is 0 Å². The maximum atomic E-state index is 13.0. The summed E-state index contributed by atoms with van der Waals surface area (Å²) in [7, 11) is 0. The van der Waals surface area contributed by atoms with Crippen molar-refractivity contribution in [2.45, 2.75) is 25.0 Å². The second-order valence-electron chi connectivity index (χ2n) is 6.97. The molecule has 0 saturated carbocycles. The summed E-state index contributed by atoms with van der Waals surface area (Å²) in [5, 5.41) is 9.48. The Kier molecular flexibility index (Phi) is 4.11. The molecule has 0 aromatic heterocycles. The first-order chi connectivity index (χ1) is 12.0. The summed E-state index contributed by atoms with van der Waals surface area (Å²) in [6, 6.07) is 6.32. The molecule has 4 atom stereocenters. The summed E-state index contributed by atoms with van der Waals surface area (Å²) in [4.78, 5) is 28.3. The third-order valence-electron chi connectivity index (χ3n) is 5.63. The molecule has 7 heteroatoms. The van der Waals surface area contributed by atoms with E-state index in [0.717, 1.165) is 18.5 Å². The largest absolute Gasteiger partial charge is 0.481 e. The number of carboxylic acids is 1. The van der Waals surface area contributed by atoms with Crippen molar-refractivity contribution in [1.82, 2.24) is 4.90 Å². The molecule has 1 N–H and O–H groups in total. The Hall–Kier alpha value is -2.15. The maximum absolute atomic E-state index is 13.0. The van der Waals surface area contributed by atoms with Crippen LogP contribution in [0.1, 0.15) is 12.8 Å². The molecule has 1 aromatic rings. The fourth-order valence-electron chi connectivity index (χ4n) is 4.35. The average Bonchev–Trinajstić information content (AvgIpc) is 3.23. The van der Waals surface area contributed by atoms with Crippen LogP contribution >= 0.6 is 0 Å². The standard InChI is InChI=1S/C18H21FN2O4/c19-11-1-3-12(4-2-11)20-7-9-21(10-8-20)17(22)15-13-5-6-14(25-13)16(15)18(23)24/h1-4,13-16H,5-10H2,(H,23,24)/t13-,14-,15-,16+/m1/s1. The maximum Gasteiger partial charge on any atom is 0.310 e. The second-order valence-corrected chi connectivity index (χ2v) is 6.97. The lowest BCUT2D eigenvalue weighted by Gasteiger charge is -2.38. The Labute approximate surface area is 145 Å². The fourth-order valence-corrected chi connectivity index (χ4v) is 4.35. The van der Waals surface area contributed by atoms with Crippen LogP contribution in [0.4, 0.5) is 10.1 Å². The second kappa shape index (κ2) is 6.29. The number of piperazine rings is 1. The van der Waals surface area contributed by atoms with Crippen molar-refractivity contribution in [1.29, 1.82) is 0 Å². The van der Waals surface area contributed by atoms with Gasteiger partial charge < -0.3 is 19.6 Å². The molecule has 0 aliphatic carbocycles. The van der Waals surface area contributed by atoms with E-state index in [1.54, 1.807) is 17.0 Å². The number of hydrogen-bond donors (Lipinski definition) is 1. The van der Waals surface area contributed by atoms with Gasteiger partial charge in [-0.15, -0.1) is 0 Å². The summed E-state index contributed by atoms with van der Waals surface area (Å²) in [6.45, 7) is 2.38. The number of carbonyl (C=O) groups is 2. The summed E-state index contributed by atoms with van der Waals surface area (Å²) in [5.74, 6) is -2.59. The number of carbonyl (C=O) groups excluding carboxylic acids is 1. The van der Waals surface area contributed by atoms with Crippen LogP contribution in [0, 0.1) is 17.7 Å². The van der Waals surface area contributed by atoms with Crippen molar-refractivity contribution in [2.24, 2.45) is 11.8 Å². The van der Waals surface area contributed by atoms with Crippen LogP contribution in [0.2, 0.25) is 0 Å². The molecular weight excluding hydrogens is 327 g/mol. The van der Waals surface area contributed by atoms with Gasteiger partial charge in [-0.3, -0.25) is 9.59 Å². The molecule has 3 saturated heterocycles. The smallest absolute Gasteiger partial charge is 0.310 e. The third-order valence-corrected chi connectivity index (χ3v) is 5.63. The highest BCUT2D eigenvalue weighted by Gasteiger charge is 2.56. The fraction of sp³-hybridized carbons (Fsp3) is 0.556. The monoisotopic (exact) mass is 348 g/mol. The highest BCUT2D eigenvalue weighted by atomic mass is 19.1.